The fourth-order valence-electron chi connectivity index (χ4n) is 0. The summed E-state index contributed by atoms with van der Waals surface area (Å²) < 4.78 is -0.361. The van der Waals surface area contributed by atoms with Gasteiger partial charge in [-0.25, -0.2) is 0 Å². The second kappa shape index (κ2) is 1.30. The molecule has 0 heterocycles. The number of aliphatic hydroxyl groups is 1. The predicted octanol–water partition coefficient (Wildman–Crippen LogP) is -0.652. The molecule has 0 aliphatic heterocycles. The molecule has 0 aliphatic carbocycles. The van der Waals surface area contributed by atoms with Gasteiger partial charge in [0.25, 0.3) is 16.3 Å². The van der Waals surface area contributed by atoms with Gasteiger partial charge in [-0.15, -0.1) is 0 Å². The van der Waals surface area contributed by atoms with Crippen molar-refractivity contribution in [1.29, 1.82) is 0 Å². The van der Waals surface area contributed by atoms with Crippen LogP contribution in [-0.2, 0) is 0 Å². The molecule has 0 aromatic carbocycles. The highest BCUT2D eigenvalue weighted by atomic mass is 27.0. The van der Waals surface area contributed by atoms with E-state index in [1.54, 1.807) is 13.8 Å². The molecule has 0 aromatic heterocycles. The summed E-state index contributed by atoms with van der Waals surface area (Å²) in [5.74, 6) is 0. The Bertz CT molecular complexity index is 22.4. The monoisotopic (exact) mass is 88.0 g/mol. The van der Waals surface area contributed by atoms with Crippen LogP contribution in [0.5, 0.6) is 0 Å². The first-order chi connectivity index (χ1) is 2.00. The van der Waals surface area contributed by atoms with Gasteiger partial charge in [0.15, 0.2) is 0 Å². The van der Waals surface area contributed by atoms with Gasteiger partial charge in [0.1, 0.15) is 0 Å². The molecule has 0 atom stereocenters. The zero-order valence-electron chi connectivity index (χ0n) is 3.95. The molecular formula is C3H9AlO. The average Bonchev–Trinajstić information content (AvgIpc) is 0.722. The zero-order valence-corrected chi connectivity index (χ0v) is 5.95. The predicted molar refractivity (Wildman–Crippen MR) is 24.8 cm³/mol. The third kappa shape index (κ3) is 115. The van der Waals surface area contributed by atoms with E-state index in [-0.39, 0.29) is 4.46 Å². The second-order valence-corrected chi connectivity index (χ2v) is 4.62. The van der Waals surface area contributed by atoms with Crippen molar-refractivity contribution in [2.75, 3.05) is 0 Å². The van der Waals surface area contributed by atoms with Gasteiger partial charge < -0.3 is 5.11 Å². The minimum Gasteiger partial charge on any atom is -0.407 e. The van der Waals surface area contributed by atoms with Crippen LogP contribution in [0.4, 0.5) is 0 Å². The van der Waals surface area contributed by atoms with E-state index in [2.05, 4.69) is 0 Å². The van der Waals surface area contributed by atoms with E-state index in [4.69, 9.17) is 5.11 Å². The highest BCUT2D eigenvalue weighted by Gasteiger charge is 1.98. The molecule has 0 radical (unpaired) electrons. The van der Waals surface area contributed by atoms with Gasteiger partial charge in [-0.05, 0) is 4.46 Å². The summed E-state index contributed by atoms with van der Waals surface area (Å²) in [6.07, 6.45) is 0. The third-order valence-electron chi connectivity index (χ3n) is 0. The van der Waals surface area contributed by atoms with E-state index in [9.17, 15) is 0 Å². The fourth-order valence-corrected chi connectivity index (χ4v) is 0. The Labute approximate surface area is 40.4 Å². The normalized spacial score (nSPS) is 11.8. The van der Waals surface area contributed by atoms with Crippen LogP contribution in [0.3, 0.4) is 0 Å². The molecule has 0 saturated heterocycles. The van der Waals surface area contributed by atoms with Crippen molar-refractivity contribution in [3.05, 3.63) is 0 Å². The molecule has 0 fully saturated rings. The van der Waals surface area contributed by atoms with E-state index >= 15 is 0 Å². The van der Waals surface area contributed by atoms with E-state index in [1.807, 2.05) is 0 Å². The molecular weight excluding hydrogens is 79.0 g/mol. The zero-order chi connectivity index (χ0) is 4.50. The van der Waals surface area contributed by atoms with Crippen molar-refractivity contribution >= 4 is 16.3 Å². The van der Waals surface area contributed by atoms with Crippen LogP contribution in [0, 0.1) is 0 Å². The maximum Gasteiger partial charge on any atom is 0.262 e. The molecule has 0 spiro atoms. The quantitative estimate of drug-likeness (QED) is 0.390. The van der Waals surface area contributed by atoms with Gasteiger partial charge in [0.05, 0.1) is 0 Å². The van der Waals surface area contributed by atoms with Crippen LogP contribution in [0.25, 0.3) is 0 Å². The lowest BCUT2D eigenvalue weighted by Crippen LogP contribution is -2.16. The maximum atomic E-state index is 8.58. The van der Waals surface area contributed by atoms with Crippen LogP contribution >= 0.6 is 0 Å². The standard InChI is InChI=1S/C3H7O.Al.2H/c1-3(2)4;;;/h4H,1-2H3;;;. The number of rotatable bonds is 0. The summed E-state index contributed by atoms with van der Waals surface area (Å²) in [6.45, 7) is 3.61. The number of hydrogen-bond donors (Lipinski definition) is 1. The molecule has 5 heavy (non-hydrogen) atoms. The van der Waals surface area contributed by atoms with Crippen molar-refractivity contribution < 1.29 is 5.11 Å². The van der Waals surface area contributed by atoms with Gasteiger partial charge in [-0.3, -0.25) is 0 Å². The van der Waals surface area contributed by atoms with Gasteiger partial charge in [0, 0.05) is 0 Å². The summed E-state index contributed by atoms with van der Waals surface area (Å²) in [5.41, 5.74) is 0. The van der Waals surface area contributed by atoms with Crippen LogP contribution in [0.15, 0.2) is 0 Å². The van der Waals surface area contributed by atoms with Gasteiger partial charge in [0.2, 0.25) is 0 Å². The summed E-state index contributed by atoms with van der Waals surface area (Å²) in [4.78, 5) is 0. The molecule has 0 saturated carbocycles. The van der Waals surface area contributed by atoms with Crippen LogP contribution in [0.1, 0.15) is 13.8 Å². The second-order valence-electron chi connectivity index (χ2n) is 2.17. The van der Waals surface area contributed by atoms with Crippen molar-refractivity contribution in [2.24, 2.45) is 0 Å². The topological polar surface area (TPSA) is 20.2 Å². The first-order valence-electron chi connectivity index (χ1n) is 1.72. The molecule has 0 bridgehead atoms. The SMILES string of the molecule is C[C](C)(O)[AlH2]. The Hall–Kier alpha value is 0.492. The maximum absolute atomic E-state index is 8.58. The Balaban J connectivity index is 3.02. The molecule has 30 valence electrons. The highest BCUT2D eigenvalue weighted by Crippen LogP contribution is 1.87. The van der Waals surface area contributed by atoms with E-state index < -0.39 is 0 Å². The van der Waals surface area contributed by atoms with Crippen LogP contribution < -0.4 is 0 Å². The molecule has 0 aliphatic rings. The smallest absolute Gasteiger partial charge is 0.262 e. The number of hydrogen-bond acceptors (Lipinski definition) is 1. The molecule has 0 amide bonds. The van der Waals surface area contributed by atoms with E-state index in [0.29, 0.717) is 0 Å². The lowest BCUT2D eigenvalue weighted by Gasteiger charge is -2.04. The van der Waals surface area contributed by atoms with E-state index in [0.717, 1.165) is 16.3 Å². The molecule has 0 aromatic rings. The Morgan fingerprint density at radius 2 is 1.60 bits per heavy atom. The molecule has 1 N–H and O–H groups in total. The minimum absolute atomic E-state index is 0.361. The lowest BCUT2D eigenvalue weighted by atomic mass is 10.5. The van der Waals surface area contributed by atoms with Crippen LogP contribution in [0.2, 0.25) is 0 Å². The van der Waals surface area contributed by atoms with Crippen molar-refractivity contribution in [2.45, 2.75) is 18.3 Å². The minimum atomic E-state index is -0.361. The molecule has 0 rings (SSSR count). The largest absolute Gasteiger partial charge is 0.407 e. The average molecular weight is 88.1 g/mol. The molecule has 1 nitrogen and oxygen atoms in total. The first kappa shape index (κ1) is 5.49. The van der Waals surface area contributed by atoms with Gasteiger partial charge >= 0.3 is 0 Å². The van der Waals surface area contributed by atoms with Crippen molar-refractivity contribution in [3.8, 4) is 0 Å². The van der Waals surface area contributed by atoms with E-state index in [1.165, 1.54) is 0 Å². The fraction of sp³-hybridized carbons (Fsp3) is 1.00. The lowest BCUT2D eigenvalue weighted by molar-refractivity contribution is 0.170. The highest BCUT2D eigenvalue weighted by molar-refractivity contribution is 6.13. The van der Waals surface area contributed by atoms with Crippen molar-refractivity contribution in [3.63, 3.8) is 0 Å². The summed E-state index contributed by atoms with van der Waals surface area (Å²) >= 11 is 0.863. The Morgan fingerprint density at radius 3 is 1.60 bits per heavy atom. The third-order valence-corrected chi connectivity index (χ3v) is 0. The Kier molecular flexibility index (Phi) is 1.43. The van der Waals surface area contributed by atoms with Crippen LogP contribution in [-0.4, -0.2) is 25.9 Å². The van der Waals surface area contributed by atoms with Gasteiger partial charge in [-0.2, -0.15) is 0 Å². The summed E-state index contributed by atoms with van der Waals surface area (Å²) in [7, 11) is 0. The molecule has 2 heteroatoms. The van der Waals surface area contributed by atoms with Crippen molar-refractivity contribution in [1.82, 2.24) is 0 Å². The van der Waals surface area contributed by atoms with Gasteiger partial charge in [-0.1, -0.05) is 13.8 Å². The first-order valence-corrected chi connectivity index (χ1v) is 2.72. The summed E-state index contributed by atoms with van der Waals surface area (Å²) in [6, 6.07) is 0. The molecule has 0 unspecified atom stereocenters. The Morgan fingerprint density at radius 1 is 1.60 bits per heavy atom. The summed E-state index contributed by atoms with van der Waals surface area (Å²) in [5, 5.41) is 8.58.